The molecule has 0 spiro atoms. The van der Waals surface area contributed by atoms with Crippen LogP contribution in [-0.2, 0) is 4.79 Å². The Morgan fingerprint density at radius 2 is 1.91 bits per heavy atom. The zero-order valence-electron chi connectivity index (χ0n) is 12.8. The van der Waals surface area contributed by atoms with Gasteiger partial charge >= 0.3 is 0 Å². The van der Waals surface area contributed by atoms with Gasteiger partial charge in [-0.2, -0.15) is 5.26 Å². The SMILES string of the molecule is CC(=O)c1ccccc1NCC(=O)NC1(C#N)CCCCC1. The highest BCUT2D eigenvalue weighted by molar-refractivity contribution is 6.00. The lowest BCUT2D eigenvalue weighted by molar-refractivity contribution is -0.121. The first-order chi connectivity index (χ1) is 10.6. The molecular formula is C17H21N3O2. The van der Waals surface area contributed by atoms with Gasteiger partial charge < -0.3 is 10.6 Å². The maximum atomic E-state index is 12.1. The average molecular weight is 299 g/mol. The van der Waals surface area contributed by atoms with Crippen molar-refractivity contribution in [2.75, 3.05) is 11.9 Å². The molecule has 22 heavy (non-hydrogen) atoms. The maximum Gasteiger partial charge on any atom is 0.240 e. The summed E-state index contributed by atoms with van der Waals surface area (Å²) in [6.45, 7) is 1.54. The molecule has 5 nitrogen and oxygen atoms in total. The van der Waals surface area contributed by atoms with Crippen molar-refractivity contribution in [1.82, 2.24) is 5.32 Å². The van der Waals surface area contributed by atoms with E-state index in [2.05, 4.69) is 16.7 Å². The number of nitriles is 1. The molecule has 0 bridgehead atoms. The molecule has 0 radical (unpaired) electrons. The monoisotopic (exact) mass is 299 g/mol. The Balaban J connectivity index is 1.96. The molecule has 1 fully saturated rings. The summed E-state index contributed by atoms with van der Waals surface area (Å²) in [5, 5.41) is 15.2. The van der Waals surface area contributed by atoms with Gasteiger partial charge in [0.05, 0.1) is 12.6 Å². The van der Waals surface area contributed by atoms with Crippen LogP contribution in [0.2, 0.25) is 0 Å². The van der Waals surface area contributed by atoms with E-state index in [1.165, 1.54) is 6.92 Å². The van der Waals surface area contributed by atoms with E-state index < -0.39 is 5.54 Å². The van der Waals surface area contributed by atoms with Gasteiger partial charge in [0, 0.05) is 11.3 Å². The number of nitrogens with zero attached hydrogens (tertiary/aromatic N) is 1. The second-order valence-corrected chi connectivity index (χ2v) is 5.76. The van der Waals surface area contributed by atoms with Crippen LogP contribution in [0, 0.1) is 11.3 Å². The molecule has 0 saturated heterocycles. The molecule has 1 aromatic rings. The fraction of sp³-hybridized carbons (Fsp3) is 0.471. The van der Waals surface area contributed by atoms with Gasteiger partial charge in [-0.15, -0.1) is 0 Å². The Morgan fingerprint density at radius 1 is 1.23 bits per heavy atom. The number of nitrogens with one attached hydrogen (secondary N) is 2. The standard InChI is InChI=1S/C17H21N3O2/c1-13(21)14-7-3-4-8-15(14)19-11-16(22)20-17(12-18)9-5-2-6-10-17/h3-4,7-8,19H,2,5-6,9-11H2,1H3,(H,20,22). The molecule has 1 amide bonds. The summed E-state index contributed by atoms with van der Waals surface area (Å²) in [7, 11) is 0. The Morgan fingerprint density at radius 3 is 2.55 bits per heavy atom. The third-order valence-corrected chi connectivity index (χ3v) is 4.05. The van der Waals surface area contributed by atoms with Gasteiger partial charge in [-0.3, -0.25) is 9.59 Å². The summed E-state index contributed by atoms with van der Waals surface area (Å²) >= 11 is 0. The molecule has 1 aliphatic carbocycles. The molecule has 1 aromatic carbocycles. The molecule has 0 unspecified atom stereocenters. The van der Waals surface area contributed by atoms with Gasteiger partial charge in [-0.05, 0) is 31.9 Å². The van der Waals surface area contributed by atoms with Crippen molar-refractivity contribution >= 4 is 17.4 Å². The number of anilines is 1. The highest BCUT2D eigenvalue weighted by Crippen LogP contribution is 2.27. The van der Waals surface area contributed by atoms with Gasteiger partial charge in [0.25, 0.3) is 0 Å². The first-order valence-corrected chi connectivity index (χ1v) is 7.62. The van der Waals surface area contributed by atoms with Crippen LogP contribution in [0.15, 0.2) is 24.3 Å². The number of ketones is 1. The molecule has 1 saturated carbocycles. The predicted molar refractivity (Wildman–Crippen MR) is 84.5 cm³/mol. The molecule has 2 rings (SSSR count). The number of carbonyl (C=O) groups excluding carboxylic acids is 2. The first-order valence-electron chi connectivity index (χ1n) is 7.62. The van der Waals surface area contributed by atoms with E-state index in [9.17, 15) is 14.9 Å². The molecule has 116 valence electrons. The second kappa shape index (κ2) is 7.08. The van der Waals surface area contributed by atoms with Gasteiger partial charge in [-0.1, -0.05) is 31.4 Å². The summed E-state index contributed by atoms with van der Waals surface area (Å²) < 4.78 is 0. The fourth-order valence-electron chi connectivity index (χ4n) is 2.85. The zero-order valence-corrected chi connectivity index (χ0v) is 12.8. The number of hydrogen-bond donors (Lipinski definition) is 2. The summed E-state index contributed by atoms with van der Waals surface area (Å²) in [5.41, 5.74) is 0.472. The summed E-state index contributed by atoms with van der Waals surface area (Å²) in [4.78, 5) is 23.7. The number of benzene rings is 1. The van der Waals surface area contributed by atoms with Crippen molar-refractivity contribution in [3.63, 3.8) is 0 Å². The van der Waals surface area contributed by atoms with E-state index >= 15 is 0 Å². The van der Waals surface area contributed by atoms with E-state index in [-0.39, 0.29) is 18.2 Å². The van der Waals surface area contributed by atoms with E-state index in [1.807, 2.05) is 6.07 Å². The minimum Gasteiger partial charge on any atom is -0.376 e. The predicted octanol–water partition coefficient (Wildman–Crippen LogP) is 2.64. The lowest BCUT2D eigenvalue weighted by Gasteiger charge is -2.31. The van der Waals surface area contributed by atoms with E-state index in [1.54, 1.807) is 18.2 Å². The molecule has 5 heteroatoms. The number of Topliss-reactive ketones (excluding diaryl/α,β-unsaturated/α-hetero) is 1. The molecular weight excluding hydrogens is 278 g/mol. The van der Waals surface area contributed by atoms with E-state index in [0.29, 0.717) is 24.1 Å². The van der Waals surface area contributed by atoms with Crippen molar-refractivity contribution in [1.29, 1.82) is 5.26 Å². The van der Waals surface area contributed by atoms with Crippen molar-refractivity contribution in [2.24, 2.45) is 0 Å². The Labute approximate surface area is 130 Å². The van der Waals surface area contributed by atoms with Crippen LogP contribution in [0.3, 0.4) is 0 Å². The van der Waals surface area contributed by atoms with Crippen LogP contribution in [0.5, 0.6) is 0 Å². The largest absolute Gasteiger partial charge is 0.376 e. The number of amides is 1. The van der Waals surface area contributed by atoms with E-state index in [0.717, 1.165) is 19.3 Å². The Kier molecular flexibility index (Phi) is 5.16. The van der Waals surface area contributed by atoms with Gasteiger partial charge in [0.1, 0.15) is 5.54 Å². The lowest BCUT2D eigenvalue weighted by Crippen LogP contribution is -2.50. The summed E-state index contributed by atoms with van der Waals surface area (Å²) in [6, 6.07) is 9.35. The van der Waals surface area contributed by atoms with Crippen molar-refractivity contribution in [2.45, 2.75) is 44.6 Å². The highest BCUT2D eigenvalue weighted by Gasteiger charge is 2.33. The lowest BCUT2D eigenvalue weighted by atomic mass is 9.83. The molecule has 0 heterocycles. The van der Waals surface area contributed by atoms with Crippen LogP contribution in [0.25, 0.3) is 0 Å². The highest BCUT2D eigenvalue weighted by atomic mass is 16.2. The first kappa shape index (κ1) is 16.0. The van der Waals surface area contributed by atoms with E-state index in [4.69, 9.17) is 0 Å². The van der Waals surface area contributed by atoms with Crippen LogP contribution >= 0.6 is 0 Å². The molecule has 0 aliphatic heterocycles. The van der Waals surface area contributed by atoms with Gasteiger partial charge in [0.2, 0.25) is 5.91 Å². The Bertz CT molecular complexity index is 598. The molecule has 1 aliphatic rings. The molecule has 0 aromatic heterocycles. The topological polar surface area (TPSA) is 82.0 Å². The van der Waals surface area contributed by atoms with Crippen LogP contribution in [0.4, 0.5) is 5.69 Å². The third-order valence-electron chi connectivity index (χ3n) is 4.05. The summed E-state index contributed by atoms with van der Waals surface area (Å²) in [6.07, 6.45) is 4.46. The van der Waals surface area contributed by atoms with Crippen molar-refractivity contribution in [3.05, 3.63) is 29.8 Å². The molecule has 0 atom stereocenters. The minimum atomic E-state index is -0.725. The fourth-order valence-corrected chi connectivity index (χ4v) is 2.85. The van der Waals surface area contributed by atoms with Crippen molar-refractivity contribution < 1.29 is 9.59 Å². The third kappa shape index (κ3) is 3.85. The quantitative estimate of drug-likeness (QED) is 0.819. The number of para-hydroxylation sites is 1. The number of rotatable bonds is 5. The zero-order chi connectivity index (χ0) is 16.0. The average Bonchev–Trinajstić information content (AvgIpc) is 2.54. The Hall–Kier alpha value is -2.35. The van der Waals surface area contributed by atoms with Crippen LogP contribution < -0.4 is 10.6 Å². The van der Waals surface area contributed by atoms with Crippen molar-refractivity contribution in [3.8, 4) is 6.07 Å². The number of hydrogen-bond acceptors (Lipinski definition) is 4. The number of carbonyl (C=O) groups is 2. The van der Waals surface area contributed by atoms with Gasteiger partial charge in [-0.25, -0.2) is 0 Å². The summed E-state index contributed by atoms with van der Waals surface area (Å²) in [5.74, 6) is -0.272. The minimum absolute atomic E-state index is 0.0493. The molecule has 2 N–H and O–H groups in total. The van der Waals surface area contributed by atoms with Gasteiger partial charge in [0.15, 0.2) is 5.78 Å². The smallest absolute Gasteiger partial charge is 0.240 e. The van der Waals surface area contributed by atoms with Crippen LogP contribution in [0.1, 0.15) is 49.4 Å². The maximum absolute atomic E-state index is 12.1. The normalized spacial score (nSPS) is 16.4. The van der Waals surface area contributed by atoms with Crippen LogP contribution in [-0.4, -0.2) is 23.8 Å². The second-order valence-electron chi connectivity index (χ2n) is 5.76.